The van der Waals surface area contributed by atoms with Crippen molar-refractivity contribution >= 4 is 5.78 Å². The second-order valence-corrected chi connectivity index (χ2v) is 2.37. The first-order valence-corrected chi connectivity index (χ1v) is 3.93. The van der Waals surface area contributed by atoms with Crippen molar-refractivity contribution < 1.29 is 4.79 Å². The van der Waals surface area contributed by atoms with E-state index >= 15 is 0 Å². The summed E-state index contributed by atoms with van der Waals surface area (Å²) < 4.78 is 0. The van der Waals surface area contributed by atoms with Crippen LogP contribution in [0.1, 0.15) is 33.1 Å². The molecule has 11 heavy (non-hydrogen) atoms. The SMILES string of the molecule is CCCCC#C/C=C/C(C)=O. The highest BCUT2D eigenvalue weighted by molar-refractivity contribution is 5.87. The second-order valence-electron chi connectivity index (χ2n) is 2.37. The molecule has 0 aliphatic heterocycles. The molecule has 0 spiro atoms. The fourth-order valence-corrected chi connectivity index (χ4v) is 0.555. The highest BCUT2D eigenvalue weighted by Crippen LogP contribution is 1.90. The summed E-state index contributed by atoms with van der Waals surface area (Å²) in [7, 11) is 0. The van der Waals surface area contributed by atoms with Gasteiger partial charge < -0.3 is 0 Å². The van der Waals surface area contributed by atoms with Crippen LogP contribution in [0.2, 0.25) is 0 Å². The van der Waals surface area contributed by atoms with Gasteiger partial charge in [-0.2, -0.15) is 0 Å². The first-order chi connectivity index (χ1) is 5.27. The van der Waals surface area contributed by atoms with Crippen LogP contribution < -0.4 is 0 Å². The lowest BCUT2D eigenvalue weighted by molar-refractivity contribution is -0.112. The fourth-order valence-electron chi connectivity index (χ4n) is 0.555. The van der Waals surface area contributed by atoms with Crippen molar-refractivity contribution in [3.63, 3.8) is 0 Å². The van der Waals surface area contributed by atoms with Crippen LogP contribution in [0, 0.1) is 11.8 Å². The molecule has 0 amide bonds. The smallest absolute Gasteiger partial charge is 0.153 e. The molecule has 60 valence electrons. The molecule has 0 unspecified atom stereocenters. The molecular weight excluding hydrogens is 136 g/mol. The Labute approximate surface area is 68.5 Å². The van der Waals surface area contributed by atoms with Gasteiger partial charge in [0.15, 0.2) is 5.78 Å². The summed E-state index contributed by atoms with van der Waals surface area (Å²) in [6, 6.07) is 0. The molecule has 0 saturated heterocycles. The molecule has 0 atom stereocenters. The average Bonchev–Trinajstić information content (AvgIpc) is 1.96. The Morgan fingerprint density at radius 3 is 2.82 bits per heavy atom. The zero-order valence-electron chi connectivity index (χ0n) is 7.18. The van der Waals surface area contributed by atoms with Crippen molar-refractivity contribution in [1.29, 1.82) is 0 Å². The van der Waals surface area contributed by atoms with Gasteiger partial charge in [0.25, 0.3) is 0 Å². The molecule has 0 aliphatic carbocycles. The third-order valence-electron chi connectivity index (χ3n) is 1.16. The molecule has 0 radical (unpaired) electrons. The minimum atomic E-state index is 0.0507. The van der Waals surface area contributed by atoms with Crippen molar-refractivity contribution in [3.05, 3.63) is 12.2 Å². The normalized spacial score (nSPS) is 9.27. The molecular formula is C10H14O. The Balaban J connectivity index is 3.47. The molecule has 0 saturated carbocycles. The first kappa shape index (κ1) is 9.97. The topological polar surface area (TPSA) is 17.1 Å². The summed E-state index contributed by atoms with van der Waals surface area (Å²) in [6.45, 7) is 3.65. The number of carbonyl (C=O) groups is 1. The van der Waals surface area contributed by atoms with Crippen LogP contribution >= 0.6 is 0 Å². The van der Waals surface area contributed by atoms with Gasteiger partial charge >= 0.3 is 0 Å². The highest BCUT2D eigenvalue weighted by atomic mass is 16.1. The lowest BCUT2D eigenvalue weighted by Gasteiger charge is -1.81. The Bertz CT molecular complexity index is 191. The van der Waals surface area contributed by atoms with E-state index in [0.717, 1.165) is 12.8 Å². The van der Waals surface area contributed by atoms with Crippen molar-refractivity contribution in [2.45, 2.75) is 33.1 Å². The van der Waals surface area contributed by atoms with E-state index in [1.54, 1.807) is 6.08 Å². The van der Waals surface area contributed by atoms with E-state index in [1.165, 1.54) is 19.4 Å². The zero-order valence-corrected chi connectivity index (χ0v) is 7.18. The maximum Gasteiger partial charge on any atom is 0.153 e. The molecule has 0 N–H and O–H groups in total. The van der Waals surface area contributed by atoms with E-state index in [9.17, 15) is 4.79 Å². The van der Waals surface area contributed by atoms with Crippen molar-refractivity contribution in [2.75, 3.05) is 0 Å². The number of rotatable bonds is 3. The highest BCUT2D eigenvalue weighted by Gasteiger charge is 1.77. The maximum absolute atomic E-state index is 10.4. The summed E-state index contributed by atoms with van der Waals surface area (Å²) in [5, 5.41) is 0. The number of hydrogen-bond donors (Lipinski definition) is 0. The summed E-state index contributed by atoms with van der Waals surface area (Å²) in [4.78, 5) is 10.4. The average molecular weight is 150 g/mol. The number of ketones is 1. The Kier molecular flexibility index (Phi) is 6.42. The minimum Gasteiger partial charge on any atom is -0.295 e. The monoisotopic (exact) mass is 150 g/mol. The van der Waals surface area contributed by atoms with Gasteiger partial charge in [-0.25, -0.2) is 0 Å². The molecule has 0 aromatic heterocycles. The van der Waals surface area contributed by atoms with Gasteiger partial charge in [0.2, 0.25) is 0 Å². The first-order valence-electron chi connectivity index (χ1n) is 3.93. The number of carbonyl (C=O) groups excluding carboxylic acids is 1. The Hall–Kier alpha value is -1.03. The van der Waals surface area contributed by atoms with Crippen molar-refractivity contribution in [3.8, 4) is 11.8 Å². The minimum absolute atomic E-state index is 0.0507. The number of unbranched alkanes of at least 4 members (excludes halogenated alkanes) is 2. The molecule has 0 aliphatic rings. The predicted molar refractivity (Wildman–Crippen MR) is 47.1 cm³/mol. The van der Waals surface area contributed by atoms with E-state index in [0.29, 0.717) is 0 Å². The fraction of sp³-hybridized carbons (Fsp3) is 0.500. The third-order valence-corrected chi connectivity index (χ3v) is 1.16. The summed E-state index contributed by atoms with van der Waals surface area (Å²) in [5.74, 6) is 5.80. The van der Waals surface area contributed by atoms with Gasteiger partial charge in [0.05, 0.1) is 0 Å². The summed E-state index contributed by atoms with van der Waals surface area (Å²) in [6.07, 6.45) is 6.34. The van der Waals surface area contributed by atoms with E-state index in [-0.39, 0.29) is 5.78 Å². The predicted octanol–water partition coefficient (Wildman–Crippen LogP) is 2.33. The maximum atomic E-state index is 10.4. The number of hydrogen-bond acceptors (Lipinski definition) is 1. The zero-order chi connectivity index (χ0) is 8.53. The largest absolute Gasteiger partial charge is 0.295 e. The molecule has 0 rings (SSSR count). The van der Waals surface area contributed by atoms with Gasteiger partial charge in [-0.05, 0) is 25.5 Å². The van der Waals surface area contributed by atoms with Crippen LogP contribution in [-0.2, 0) is 4.79 Å². The Morgan fingerprint density at radius 2 is 2.27 bits per heavy atom. The van der Waals surface area contributed by atoms with Gasteiger partial charge in [0.1, 0.15) is 0 Å². The summed E-state index contributed by atoms with van der Waals surface area (Å²) in [5.41, 5.74) is 0. The van der Waals surface area contributed by atoms with Crippen molar-refractivity contribution in [2.24, 2.45) is 0 Å². The second kappa shape index (κ2) is 7.08. The van der Waals surface area contributed by atoms with Crippen LogP contribution in [0.3, 0.4) is 0 Å². The van der Waals surface area contributed by atoms with Crippen molar-refractivity contribution in [1.82, 2.24) is 0 Å². The van der Waals surface area contributed by atoms with Gasteiger partial charge in [-0.15, -0.1) is 0 Å². The standard InChI is InChI=1S/C10H14O/c1-3-4-5-6-7-8-9-10(2)11/h8-9H,3-5H2,1-2H3/b9-8+. The lowest BCUT2D eigenvalue weighted by Crippen LogP contribution is -1.77. The molecule has 1 nitrogen and oxygen atoms in total. The molecule has 0 bridgehead atoms. The van der Waals surface area contributed by atoms with E-state index in [2.05, 4.69) is 18.8 Å². The molecule has 0 aromatic rings. The van der Waals surface area contributed by atoms with Crippen LogP contribution in [0.5, 0.6) is 0 Å². The Morgan fingerprint density at radius 1 is 1.55 bits per heavy atom. The molecule has 0 fully saturated rings. The van der Waals surface area contributed by atoms with Gasteiger partial charge in [-0.1, -0.05) is 25.2 Å². The van der Waals surface area contributed by atoms with Gasteiger partial charge in [0, 0.05) is 6.42 Å². The molecule has 0 aromatic carbocycles. The lowest BCUT2D eigenvalue weighted by atomic mass is 10.2. The van der Waals surface area contributed by atoms with Crippen LogP contribution in [-0.4, -0.2) is 5.78 Å². The third kappa shape index (κ3) is 8.97. The van der Waals surface area contributed by atoms with E-state index in [1.807, 2.05) is 0 Å². The van der Waals surface area contributed by atoms with Crippen LogP contribution in [0.15, 0.2) is 12.2 Å². The van der Waals surface area contributed by atoms with Gasteiger partial charge in [-0.3, -0.25) is 4.79 Å². The molecule has 1 heteroatoms. The van der Waals surface area contributed by atoms with Crippen LogP contribution in [0.4, 0.5) is 0 Å². The van der Waals surface area contributed by atoms with E-state index in [4.69, 9.17) is 0 Å². The number of allylic oxidation sites excluding steroid dienone is 2. The quantitative estimate of drug-likeness (QED) is 0.343. The molecule has 0 heterocycles. The van der Waals surface area contributed by atoms with Crippen LogP contribution in [0.25, 0.3) is 0 Å². The van der Waals surface area contributed by atoms with E-state index < -0.39 is 0 Å². The summed E-state index contributed by atoms with van der Waals surface area (Å²) >= 11 is 0.